The number of rotatable bonds is 5. The van der Waals surface area contributed by atoms with Crippen LogP contribution in [0.2, 0.25) is 0 Å². The predicted molar refractivity (Wildman–Crippen MR) is 128 cm³/mol. The Balaban J connectivity index is 1.64. The van der Waals surface area contributed by atoms with Crippen molar-refractivity contribution in [3.05, 3.63) is 64.7 Å². The lowest BCUT2D eigenvalue weighted by Gasteiger charge is -2.24. The molecule has 1 aromatic carbocycles. The van der Waals surface area contributed by atoms with Crippen LogP contribution >= 0.6 is 0 Å². The van der Waals surface area contributed by atoms with Crippen molar-refractivity contribution >= 4 is 28.1 Å². The predicted octanol–water partition coefficient (Wildman–Crippen LogP) is 3.20. The van der Waals surface area contributed by atoms with Gasteiger partial charge in [0.15, 0.2) is 5.82 Å². The number of nitrogen functional groups attached to an aromatic ring is 1. The van der Waals surface area contributed by atoms with E-state index in [-0.39, 0.29) is 17.3 Å². The number of para-hydroxylation sites is 1. The van der Waals surface area contributed by atoms with Crippen LogP contribution in [0.3, 0.4) is 0 Å². The lowest BCUT2D eigenvalue weighted by Crippen LogP contribution is -2.21. The molecule has 4 N–H and O–H groups in total. The number of ether oxygens (including phenoxy) is 1. The number of methoxy groups -OCH3 is 1. The number of hydrogen-bond acceptors (Lipinski definition) is 7. The molecule has 4 heterocycles. The van der Waals surface area contributed by atoms with E-state index in [1.807, 2.05) is 30.3 Å². The smallest absolute Gasteiger partial charge is 0.259 e. The molecule has 9 heteroatoms. The Morgan fingerprint density at radius 2 is 1.94 bits per heavy atom. The molecule has 1 radical (unpaired) electrons. The molecular formula is C24H24N7O2. The second-order valence-electron chi connectivity index (χ2n) is 7.93. The molecule has 0 atom stereocenters. The first-order chi connectivity index (χ1) is 16.1. The summed E-state index contributed by atoms with van der Waals surface area (Å²) in [7, 11) is 1.49. The van der Waals surface area contributed by atoms with Gasteiger partial charge in [-0.25, -0.2) is 20.3 Å². The fourth-order valence-corrected chi connectivity index (χ4v) is 4.25. The van der Waals surface area contributed by atoms with Crippen molar-refractivity contribution in [1.29, 1.82) is 0 Å². The minimum Gasteiger partial charge on any atom is -0.478 e. The molecule has 0 unspecified atom stereocenters. The number of benzene rings is 1. The van der Waals surface area contributed by atoms with Gasteiger partial charge in [-0.05, 0) is 47.9 Å². The van der Waals surface area contributed by atoms with Crippen molar-refractivity contribution < 1.29 is 4.74 Å². The van der Waals surface area contributed by atoms with Gasteiger partial charge in [-0.15, -0.1) is 0 Å². The van der Waals surface area contributed by atoms with Crippen LogP contribution in [-0.4, -0.2) is 40.1 Å². The second kappa shape index (κ2) is 8.87. The van der Waals surface area contributed by atoms with Crippen LogP contribution in [0.15, 0.2) is 53.6 Å². The van der Waals surface area contributed by atoms with E-state index < -0.39 is 0 Å². The van der Waals surface area contributed by atoms with Crippen molar-refractivity contribution in [3.63, 3.8) is 0 Å². The molecule has 1 fully saturated rings. The Labute approximate surface area is 190 Å². The molecule has 0 bridgehead atoms. The number of aromatic nitrogens is 4. The van der Waals surface area contributed by atoms with Gasteiger partial charge in [0.25, 0.3) is 11.4 Å². The number of fused-ring (bicyclic) bond motifs is 1. The van der Waals surface area contributed by atoms with Crippen LogP contribution in [0.25, 0.3) is 22.2 Å². The van der Waals surface area contributed by atoms with E-state index in [2.05, 4.69) is 31.7 Å². The fraction of sp³-hybridized carbons (Fsp3) is 0.250. The summed E-state index contributed by atoms with van der Waals surface area (Å²) in [6.45, 7) is 1.74. The summed E-state index contributed by atoms with van der Waals surface area (Å²) in [4.78, 5) is 28.9. The number of pyridine rings is 2. The topological polar surface area (TPSA) is 133 Å². The average Bonchev–Trinajstić information content (AvgIpc) is 2.85. The Hall–Kier alpha value is -3.98. The highest BCUT2D eigenvalue weighted by Gasteiger charge is 2.20. The molecule has 1 saturated heterocycles. The van der Waals surface area contributed by atoms with Gasteiger partial charge in [-0.3, -0.25) is 4.79 Å². The van der Waals surface area contributed by atoms with Crippen LogP contribution in [0, 0.1) is 0 Å². The summed E-state index contributed by atoms with van der Waals surface area (Å²) in [6, 6.07) is 11.8. The first kappa shape index (κ1) is 20.9. The fourth-order valence-electron chi connectivity index (χ4n) is 4.25. The minimum absolute atomic E-state index is 0.199. The average molecular weight is 443 g/mol. The molecule has 3 aromatic heterocycles. The minimum atomic E-state index is -0.219. The Bertz CT molecular complexity index is 1360. The molecular weight excluding hydrogens is 418 g/mol. The van der Waals surface area contributed by atoms with Crippen LogP contribution in [0.4, 0.5) is 17.3 Å². The van der Waals surface area contributed by atoms with Crippen LogP contribution < -0.4 is 26.7 Å². The maximum absolute atomic E-state index is 12.8. The SMILES string of the molecule is COc1nc(-c2cc3cc[nH]c(=O)c3c(Nc3ccccc3C3CC[N]CC3)n2)cnc1N. The van der Waals surface area contributed by atoms with Gasteiger partial charge in [0.05, 0.1) is 24.4 Å². The second-order valence-corrected chi connectivity index (χ2v) is 7.93. The number of piperidine rings is 1. The standard InChI is InChI=1S/C24H24N7O2/c1-33-24-21(25)28-13-19(31-24)18-12-15-8-11-27-23(32)20(15)22(30-18)29-17-5-3-2-4-16(17)14-6-9-26-10-7-14/h2-5,8,11-14H,6-7,9-10H2,1H3,(H2,25,28)(H,27,32)(H,29,30). The van der Waals surface area contributed by atoms with Crippen molar-refractivity contribution in [2.45, 2.75) is 18.8 Å². The molecule has 1 aliphatic heterocycles. The molecule has 1 aliphatic rings. The number of anilines is 3. The van der Waals surface area contributed by atoms with Crippen LogP contribution in [0.1, 0.15) is 24.3 Å². The van der Waals surface area contributed by atoms with Gasteiger partial charge in [0.1, 0.15) is 11.5 Å². The summed E-state index contributed by atoms with van der Waals surface area (Å²) in [5, 5.41) is 9.12. The zero-order chi connectivity index (χ0) is 22.8. The summed E-state index contributed by atoms with van der Waals surface area (Å²) in [5.41, 5.74) is 8.78. The number of nitrogens with two attached hydrogens (primary N) is 1. The zero-order valence-corrected chi connectivity index (χ0v) is 18.2. The normalized spacial score (nSPS) is 14.3. The van der Waals surface area contributed by atoms with Crippen LogP contribution in [-0.2, 0) is 0 Å². The van der Waals surface area contributed by atoms with Crippen LogP contribution in [0.5, 0.6) is 5.88 Å². The third-order valence-corrected chi connectivity index (χ3v) is 5.90. The summed E-state index contributed by atoms with van der Waals surface area (Å²) in [5.74, 6) is 1.29. The van der Waals surface area contributed by atoms with Gasteiger partial charge in [0, 0.05) is 25.0 Å². The van der Waals surface area contributed by atoms with E-state index in [0.29, 0.717) is 28.5 Å². The van der Waals surface area contributed by atoms with E-state index in [1.54, 1.807) is 12.4 Å². The van der Waals surface area contributed by atoms with Crippen molar-refractivity contribution in [3.8, 4) is 17.3 Å². The quantitative estimate of drug-likeness (QED) is 0.432. The van der Waals surface area contributed by atoms with E-state index in [0.717, 1.165) is 37.0 Å². The number of H-pyrrole nitrogens is 1. The third kappa shape index (κ3) is 4.10. The summed E-state index contributed by atoms with van der Waals surface area (Å²) >= 11 is 0. The Morgan fingerprint density at radius 3 is 2.76 bits per heavy atom. The molecule has 0 spiro atoms. The molecule has 9 nitrogen and oxygen atoms in total. The van der Waals surface area contributed by atoms with Crippen molar-refractivity contribution in [2.24, 2.45) is 0 Å². The highest BCUT2D eigenvalue weighted by Crippen LogP contribution is 2.34. The Kier molecular flexibility index (Phi) is 5.62. The lowest BCUT2D eigenvalue weighted by molar-refractivity contribution is 0.399. The maximum Gasteiger partial charge on any atom is 0.259 e. The maximum atomic E-state index is 12.8. The van der Waals surface area contributed by atoms with Crippen molar-refractivity contribution in [2.75, 3.05) is 31.2 Å². The van der Waals surface area contributed by atoms with E-state index in [1.165, 1.54) is 12.7 Å². The summed E-state index contributed by atoms with van der Waals surface area (Å²) in [6.07, 6.45) is 5.18. The van der Waals surface area contributed by atoms with Crippen molar-refractivity contribution in [1.82, 2.24) is 25.3 Å². The van der Waals surface area contributed by atoms with Gasteiger partial charge < -0.3 is 20.8 Å². The molecule has 4 aromatic rings. The third-order valence-electron chi connectivity index (χ3n) is 5.90. The first-order valence-electron chi connectivity index (χ1n) is 10.8. The Morgan fingerprint density at radius 1 is 1.12 bits per heavy atom. The van der Waals surface area contributed by atoms with E-state index >= 15 is 0 Å². The molecule has 0 saturated carbocycles. The number of nitrogens with zero attached hydrogens (tertiary/aromatic N) is 4. The lowest BCUT2D eigenvalue weighted by atomic mass is 9.89. The first-order valence-corrected chi connectivity index (χ1v) is 10.8. The van der Waals surface area contributed by atoms with Gasteiger partial charge in [-0.2, -0.15) is 0 Å². The van der Waals surface area contributed by atoms with Gasteiger partial charge >= 0.3 is 0 Å². The number of aromatic amines is 1. The summed E-state index contributed by atoms with van der Waals surface area (Å²) < 4.78 is 5.22. The highest BCUT2D eigenvalue weighted by molar-refractivity contribution is 5.95. The number of hydrogen-bond donors (Lipinski definition) is 3. The van der Waals surface area contributed by atoms with E-state index in [4.69, 9.17) is 15.5 Å². The molecule has 167 valence electrons. The van der Waals surface area contributed by atoms with Gasteiger partial charge in [-0.1, -0.05) is 18.2 Å². The zero-order valence-electron chi connectivity index (χ0n) is 18.2. The molecule has 0 amide bonds. The van der Waals surface area contributed by atoms with Gasteiger partial charge in [0.2, 0.25) is 0 Å². The molecule has 0 aliphatic carbocycles. The monoisotopic (exact) mass is 442 g/mol. The number of nitrogens with one attached hydrogen (secondary N) is 2. The molecule has 33 heavy (non-hydrogen) atoms. The largest absolute Gasteiger partial charge is 0.478 e. The van der Waals surface area contributed by atoms with E-state index in [9.17, 15) is 4.79 Å². The highest BCUT2D eigenvalue weighted by atomic mass is 16.5. The molecule has 5 rings (SSSR count).